The van der Waals surface area contributed by atoms with Gasteiger partial charge in [0, 0.05) is 16.7 Å². The molecule has 0 radical (unpaired) electrons. The first-order valence-electron chi connectivity index (χ1n) is 8.57. The number of nitrogens with zero attached hydrogens (tertiary/aromatic N) is 2. The number of rotatable bonds is 2. The first-order chi connectivity index (χ1) is 12.3. The van der Waals surface area contributed by atoms with Crippen LogP contribution in [0.5, 0.6) is 5.75 Å². The summed E-state index contributed by atoms with van der Waals surface area (Å²) in [7, 11) is 0. The molecule has 1 heterocycles. The number of hydrogen-bond acceptors (Lipinski definition) is 4. The van der Waals surface area contributed by atoms with E-state index >= 15 is 0 Å². The van der Waals surface area contributed by atoms with Crippen molar-refractivity contribution in [3.8, 4) is 11.8 Å². The van der Waals surface area contributed by atoms with Crippen molar-refractivity contribution < 1.29 is 5.11 Å². The van der Waals surface area contributed by atoms with Crippen molar-refractivity contribution >= 4 is 33.3 Å². The molecule has 0 spiro atoms. The highest BCUT2D eigenvalue weighted by Gasteiger charge is 2.19. The Balaban J connectivity index is 1.79. The Morgan fingerprint density at radius 2 is 1.92 bits per heavy atom. The van der Waals surface area contributed by atoms with Crippen LogP contribution in [-0.4, -0.2) is 11.3 Å². The summed E-state index contributed by atoms with van der Waals surface area (Å²) >= 11 is 1.63. The molecule has 0 atom stereocenters. The largest absolute Gasteiger partial charge is 0.507 e. The molecule has 1 aromatic heterocycles. The Labute approximate surface area is 150 Å². The second-order valence-electron chi connectivity index (χ2n) is 6.33. The van der Waals surface area contributed by atoms with E-state index in [1.54, 1.807) is 23.6 Å². The van der Waals surface area contributed by atoms with Gasteiger partial charge in [0.2, 0.25) is 0 Å². The first-order valence-corrected chi connectivity index (χ1v) is 9.39. The average molecular weight is 346 g/mol. The summed E-state index contributed by atoms with van der Waals surface area (Å²) in [5.74, 6) is 0.207. The molecule has 4 heteroatoms. The Morgan fingerprint density at radius 1 is 1.08 bits per heavy atom. The zero-order valence-corrected chi connectivity index (χ0v) is 14.6. The average Bonchev–Trinajstić information content (AvgIpc) is 2.80. The van der Waals surface area contributed by atoms with Gasteiger partial charge < -0.3 is 5.11 Å². The number of aromatic hydroxyl groups is 1. The monoisotopic (exact) mass is 346 g/mol. The lowest BCUT2D eigenvalue weighted by molar-refractivity contribution is 0.475. The molecule has 0 saturated carbocycles. The number of benzene rings is 2. The van der Waals surface area contributed by atoms with Crippen molar-refractivity contribution in [2.75, 3.05) is 0 Å². The van der Waals surface area contributed by atoms with E-state index < -0.39 is 0 Å². The number of phenols is 1. The van der Waals surface area contributed by atoms with Crippen LogP contribution in [-0.2, 0) is 12.8 Å². The van der Waals surface area contributed by atoms with E-state index in [0.29, 0.717) is 5.56 Å². The van der Waals surface area contributed by atoms with E-state index in [-0.39, 0.29) is 5.75 Å². The van der Waals surface area contributed by atoms with Crippen molar-refractivity contribution in [3.05, 3.63) is 58.0 Å². The Hall–Kier alpha value is -2.64. The van der Waals surface area contributed by atoms with Crippen LogP contribution in [0.1, 0.15) is 40.8 Å². The maximum atomic E-state index is 10.3. The maximum Gasteiger partial charge on any atom is 0.134 e. The second kappa shape index (κ2) is 6.70. The van der Waals surface area contributed by atoms with Gasteiger partial charge in [0.1, 0.15) is 16.8 Å². The minimum absolute atomic E-state index is 0.207. The number of aliphatic imine (C=N–C) groups is 1. The molecule has 3 nitrogen and oxygen atoms in total. The normalized spacial score (nSPS) is 14.4. The first kappa shape index (κ1) is 15.9. The standard InChI is InChI=1S/C21H18N2OS/c22-12-17-16-8-2-1-3-9-20(16)25-21(17)23-13-18-15-7-5-4-6-14(15)10-11-19(18)24/h4-7,10-11,13,24H,1-3,8-9H2/b23-13+. The zero-order valence-electron chi connectivity index (χ0n) is 13.8. The van der Waals surface area contributed by atoms with Crippen LogP contribution in [0.2, 0.25) is 0 Å². The summed E-state index contributed by atoms with van der Waals surface area (Å²) in [5.41, 5.74) is 2.61. The van der Waals surface area contributed by atoms with Crippen LogP contribution in [0, 0.1) is 11.3 Å². The van der Waals surface area contributed by atoms with E-state index in [9.17, 15) is 10.4 Å². The van der Waals surface area contributed by atoms with Gasteiger partial charge in [-0.05, 0) is 48.1 Å². The fraction of sp³-hybridized carbons (Fsp3) is 0.238. The van der Waals surface area contributed by atoms with E-state index in [1.165, 1.54) is 23.3 Å². The van der Waals surface area contributed by atoms with Crippen LogP contribution in [0.4, 0.5) is 5.00 Å². The summed E-state index contributed by atoms with van der Waals surface area (Å²) in [6, 6.07) is 13.9. The van der Waals surface area contributed by atoms with Crippen molar-refractivity contribution in [1.29, 1.82) is 5.26 Å². The number of thiophene rings is 1. The van der Waals surface area contributed by atoms with Gasteiger partial charge in [-0.3, -0.25) is 0 Å². The molecule has 1 aliphatic rings. The predicted octanol–water partition coefficient (Wildman–Crippen LogP) is 5.50. The van der Waals surface area contributed by atoms with Gasteiger partial charge in [0.05, 0.1) is 5.56 Å². The summed E-state index contributed by atoms with van der Waals surface area (Å²) in [6.07, 6.45) is 7.28. The molecular formula is C21H18N2OS. The number of fused-ring (bicyclic) bond motifs is 2. The van der Waals surface area contributed by atoms with Gasteiger partial charge in [-0.25, -0.2) is 4.99 Å². The Bertz CT molecular complexity index is 1010. The smallest absolute Gasteiger partial charge is 0.134 e. The SMILES string of the molecule is N#Cc1c(/N=C/c2c(O)ccc3ccccc23)sc2c1CCCCC2. The number of nitriles is 1. The molecule has 124 valence electrons. The fourth-order valence-electron chi connectivity index (χ4n) is 3.48. The lowest BCUT2D eigenvalue weighted by Gasteiger charge is -2.04. The molecule has 1 N–H and O–H groups in total. The molecule has 0 aliphatic heterocycles. The third-order valence-electron chi connectivity index (χ3n) is 4.77. The quantitative estimate of drug-likeness (QED) is 0.492. The number of aryl methyl sites for hydroxylation is 1. The highest BCUT2D eigenvalue weighted by molar-refractivity contribution is 7.16. The molecule has 0 amide bonds. The van der Waals surface area contributed by atoms with Crippen LogP contribution in [0.15, 0.2) is 41.4 Å². The van der Waals surface area contributed by atoms with Crippen molar-refractivity contribution in [2.45, 2.75) is 32.1 Å². The van der Waals surface area contributed by atoms with Crippen molar-refractivity contribution in [2.24, 2.45) is 4.99 Å². The fourth-order valence-corrected chi connectivity index (χ4v) is 4.66. The summed E-state index contributed by atoms with van der Waals surface area (Å²) in [6.45, 7) is 0. The van der Waals surface area contributed by atoms with Crippen LogP contribution in [0.25, 0.3) is 10.8 Å². The van der Waals surface area contributed by atoms with E-state index in [2.05, 4.69) is 11.1 Å². The maximum absolute atomic E-state index is 10.3. The minimum atomic E-state index is 0.207. The molecule has 3 aromatic rings. The lowest BCUT2D eigenvalue weighted by Crippen LogP contribution is -1.88. The van der Waals surface area contributed by atoms with Gasteiger partial charge in [-0.15, -0.1) is 11.3 Å². The summed E-state index contributed by atoms with van der Waals surface area (Å²) in [4.78, 5) is 5.91. The molecule has 0 unspecified atom stereocenters. The number of phenolic OH excluding ortho intramolecular Hbond substituents is 1. The second-order valence-corrected chi connectivity index (χ2v) is 7.42. The topological polar surface area (TPSA) is 56.4 Å². The Morgan fingerprint density at radius 3 is 2.80 bits per heavy atom. The van der Waals surface area contributed by atoms with E-state index in [0.717, 1.165) is 40.6 Å². The van der Waals surface area contributed by atoms with Gasteiger partial charge in [-0.1, -0.05) is 36.8 Å². The minimum Gasteiger partial charge on any atom is -0.507 e. The van der Waals surface area contributed by atoms with Crippen molar-refractivity contribution in [1.82, 2.24) is 0 Å². The number of hydrogen-bond donors (Lipinski definition) is 1. The van der Waals surface area contributed by atoms with Gasteiger partial charge >= 0.3 is 0 Å². The van der Waals surface area contributed by atoms with Crippen LogP contribution < -0.4 is 0 Å². The third-order valence-corrected chi connectivity index (χ3v) is 5.97. The van der Waals surface area contributed by atoms with Gasteiger partial charge in [0.15, 0.2) is 0 Å². The molecule has 4 rings (SSSR count). The highest BCUT2D eigenvalue weighted by Crippen LogP contribution is 2.39. The Kier molecular flexibility index (Phi) is 4.25. The van der Waals surface area contributed by atoms with Gasteiger partial charge in [0.25, 0.3) is 0 Å². The summed E-state index contributed by atoms with van der Waals surface area (Å²) < 4.78 is 0. The van der Waals surface area contributed by atoms with E-state index in [1.807, 2.05) is 30.3 Å². The molecule has 25 heavy (non-hydrogen) atoms. The molecule has 1 aliphatic carbocycles. The predicted molar refractivity (Wildman–Crippen MR) is 103 cm³/mol. The highest BCUT2D eigenvalue weighted by atomic mass is 32.1. The molecule has 0 bridgehead atoms. The van der Waals surface area contributed by atoms with Crippen LogP contribution in [0.3, 0.4) is 0 Å². The molecule has 2 aromatic carbocycles. The van der Waals surface area contributed by atoms with Gasteiger partial charge in [-0.2, -0.15) is 5.26 Å². The van der Waals surface area contributed by atoms with Crippen molar-refractivity contribution in [3.63, 3.8) is 0 Å². The van der Waals surface area contributed by atoms with Crippen LogP contribution >= 0.6 is 11.3 Å². The molecule has 0 saturated heterocycles. The summed E-state index contributed by atoms with van der Waals surface area (Å²) in [5, 5.41) is 22.7. The molecule has 0 fully saturated rings. The third kappa shape index (κ3) is 2.92. The lowest BCUT2D eigenvalue weighted by atomic mass is 10.0. The zero-order chi connectivity index (χ0) is 17.2. The van der Waals surface area contributed by atoms with E-state index in [4.69, 9.17) is 0 Å². The molecular weight excluding hydrogens is 328 g/mol.